The molecule has 0 N–H and O–H groups in total. The van der Waals surface area contributed by atoms with Crippen molar-refractivity contribution in [2.45, 2.75) is 6.42 Å². The molecule has 1 rings (SSSR count). The van der Waals surface area contributed by atoms with E-state index < -0.39 is 0 Å². The van der Waals surface area contributed by atoms with E-state index in [0.29, 0.717) is 11.4 Å². The van der Waals surface area contributed by atoms with Gasteiger partial charge in [0.2, 0.25) is 0 Å². The van der Waals surface area contributed by atoms with Gasteiger partial charge in [0.25, 0.3) is 0 Å². The number of methoxy groups -OCH3 is 1. The summed E-state index contributed by atoms with van der Waals surface area (Å²) in [6, 6.07) is 5.47. The van der Waals surface area contributed by atoms with Crippen molar-refractivity contribution >= 4 is 0 Å². The molecule has 0 unspecified atom stereocenters. The first-order valence-electron chi connectivity index (χ1n) is 3.72. The molecule has 0 aromatic carbocycles. The fourth-order valence-electron chi connectivity index (χ4n) is 0.749. The first-order valence-corrected chi connectivity index (χ1v) is 3.72. The van der Waals surface area contributed by atoms with Crippen LogP contribution in [0.3, 0.4) is 0 Å². The second kappa shape index (κ2) is 4.79. The molecule has 0 bridgehead atoms. The number of hydrogen-bond acceptors (Lipinski definition) is 3. The Hall–Kier alpha value is -2.00. The zero-order valence-corrected chi connectivity index (χ0v) is 7.24. The van der Waals surface area contributed by atoms with Crippen LogP contribution in [0.25, 0.3) is 0 Å². The van der Waals surface area contributed by atoms with Gasteiger partial charge in [0.05, 0.1) is 25.8 Å². The number of nitriles is 1. The molecule has 1 heterocycles. The van der Waals surface area contributed by atoms with Crippen molar-refractivity contribution in [1.82, 2.24) is 4.98 Å². The molecule has 3 nitrogen and oxygen atoms in total. The maximum absolute atomic E-state index is 8.23. The second-order valence-electron chi connectivity index (χ2n) is 2.22. The average molecular weight is 172 g/mol. The summed E-state index contributed by atoms with van der Waals surface area (Å²) in [4.78, 5) is 4.01. The summed E-state index contributed by atoms with van der Waals surface area (Å²) in [5.74, 6) is 6.13. The summed E-state index contributed by atoms with van der Waals surface area (Å²) in [6.45, 7) is 0. The molecular weight excluding hydrogens is 164 g/mol. The molecule has 0 saturated heterocycles. The molecule has 0 radical (unpaired) electrons. The fourth-order valence-corrected chi connectivity index (χ4v) is 0.749. The van der Waals surface area contributed by atoms with Gasteiger partial charge in [-0.15, -0.1) is 0 Å². The van der Waals surface area contributed by atoms with E-state index >= 15 is 0 Å². The van der Waals surface area contributed by atoms with Gasteiger partial charge in [-0.25, -0.2) is 4.98 Å². The molecule has 0 spiro atoms. The third kappa shape index (κ3) is 2.84. The maximum Gasteiger partial charge on any atom is 0.137 e. The fraction of sp³-hybridized carbons (Fsp3) is 0.200. The van der Waals surface area contributed by atoms with Gasteiger partial charge in [-0.2, -0.15) is 5.26 Å². The molecular formula is C10H8N2O. The summed E-state index contributed by atoms with van der Waals surface area (Å²) >= 11 is 0. The molecule has 3 heteroatoms. The van der Waals surface area contributed by atoms with Crippen molar-refractivity contribution in [3.05, 3.63) is 24.0 Å². The molecule has 0 aliphatic rings. The minimum atomic E-state index is 0.230. The summed E-state index contributed by atoms with van der Waals surface area (Å²) in [6.07, 6.45) is 1.82. The van der Waals surface area contributed by atoms with E-state index in [1.165, 1.54) is 0 Å². The highest BCUT2D eigenvalue weighted by molar-refractivity contribution is 5.31. The zero-order chi connectivity index (χ0) is 9.52. The topological polar surface area (TPSA) is 45.9 Å². The Balaban J connectivity index is 2.72. The third-order valence-corrected chi connectivity index (χ3v) is 1.36. The lowest BCUT2D eigenvalue weighted by Crippen LogP contribution is -1.85. The van der Waals surface area contributed by atoms with Crippen molar-refractivity contribution in [1.29, 1.82) is 5.26 Å². The Morgan fingerprint density at radius 1 is 1.54 bits per heavy atom. The van der Waals surface area contributed by atoms with E-state index in [4.69, 9.17) is 10.00 Å². The molecule has 0 atom stereocenters. The Morgan fingerprint density at radius 3 is 2.92 bits per heavy atom. The Bertz CT molecular complexity index is 365. The summed E-state index contributed by atoms with van der Waals surface area (Å²) in [5.41, 5.74) is 0.649. The van der Waals surface area contributed by atoms with Crippen molar-refractivity contribution in [2.75, 3.05) is 7.11 Å². The molecule has 1 aromatic heterocycles. The SMILES string of the molecule is COc1ccc(C#CCC#N)nc1. The van der Waals surface area contributed by atoms with Crippen LogP contribution in [0.4, 0.5) is 0 Å². The lowest BCUT2D eigenvalue weighted by atomic mass is 10.3. The second-order valence-corrected chi connectivity index (χ2v) is 2.22. The third-order valence-electron chi connectivity index (χ3n) is 1.36. The highest BCUT2D eigenvalue weighted by Crippen LogP contribution is 2.06. The van der Waals surface area contributed by atoms with Crippen molar-refractivity contribution in [3.8, 4) is 23.7 Å². The van der Waals surface area contributed by atoms with Gasteiger partial charge in [-0.05, 0) is 18.1 Å². The minimum absolute atomic E-state index is 0.230. The number of pyridine rings is 1. The van der Waals surface area contributed by atoms with E-state index in [2.05, 4.69) is 16.8 Å². The van der Waals surface area contributed by atoms with E-state index in [1.807, 2.05) is 6.07 Å². The van der Waals surface area contributed by atoms with Gasteiger partial charge in [0, 0.05) is 0 Å². The van der Waals surface area contributed by atoms with Crippen LogP contribution in [-0.4, -0.2) is 12.1 Å². The summed E-state index contributed by atoms with van der Waals surface area (Å²) < 4.78 is 4.93. The van der Waals surface area contributed by atoms with Crippen LogP contribution in [0.2, 0.25) is 0 Å². The zero-order valence-electron chi connectivity index (χ0n) is 7.24. The van der Waals surface area contributed by atoms with Crippen LogP contribution in [0, 0.1) is 23.2 Å². The maximum atomic E-state index is 8.23. The van der Waals surface area contributed by atoms with Gasteiger partial charge >= 0.3 is 0 Å². The van der Waals surface area contributed by atoms with Crippen molar-refractivity contribution < 1.29 is 4.74 Å². The van der Waals surface area contributed by atoms with Crippen LogP contribution >= 0.6 is 0 Å². The lowest BCUT2D eigenvalue weighted by Gasteiger charge is -1.96. The Kier molecular flexibility index (Phi) is 3.35. The van der Waals surface area contributed by atoms with Gasteiger partial charge in [0.15, 0.2) is 0 Å². The first-order chi connectivity index (χ1) is 6.36. The van der Waals surface area contributed by atoms with Gasteiger partial charge in [-0.1, -0.05) is 5.92 Å². The van der Waals surface area contributed by atoms with Crippen LogP contribution < -0.4 is 4.74 Å². The van der Waals surface area contributed by atoms with E-state index in [0.717, 1.165) is 0 Å². The summed E-state index contributed by atoms with van der Waals surface area (Å²) in [7, 11) is 1.58. The summed E-state index contributed by atoms with van der Waals surface area (Å²) in [5, 5.41) is 8.23. The van der Waals surface area contributed by atoms with Crippen LogP contribution in [0.5, 0.6) is 5.75 Å². The first kappa shape index (κ1) is 9.09. The number of hydrogen-bond donors (Lipinski definition) is 0. The predicted molar refractivity (Wildman–Crippen MR) is 47.9 cm³/mol. The van der Waals surface area contributed by atoms with Crippen molar-refractivity contribution in [2.24, 2.45) is 0 Å². The largest absolute Gasteiger partial charge is 0.495 e. The molecule has 0 amide bonds. The average Bonchev–Trinajstić information content (AvgIpc) is 2.19. The number of ether oxygens (including phenoxy) is 1. The minimum Gasteiger partial charge on any atom is -0.495 e. The molecule has 13 heavy (non-hydrogen) atoms. The highest BCUT2D eigenvalue weighted by Gasteiger charge is 1.90. The van der Waals surface area contributed by atoms with Crippen LogP contribution in [0.1, 0.15) is 12.1 Å². The Labute approximate surface area is 77.0 Å². The number of aromatic nitrogens is 1. The van der Waals surface area contributed by atoms with E-state index in [9.17, 15) is 0 Å². The van der Waals surface area contributed by atoms with Crippen molar-refractivity contribution in [3.63, 3.8) is 0 Å². The molecule has 1 aromatic rings. The smallest absolute Gasteiger partial charge is 0.137 e. The van der Waals surface area contributed by atoms with E-state index in [-0.39, 0.29) is 6.42 Å². The molecule has 64 valence electrons. The predicted octanol–water partition coefficient (Wildman–Crippen LogP) is 1.36. The quantitative estimate of drug-likeness (QED) is 0.601. The molecule has 0 aliphatic carbocycles. The lowest BCUT2D eigenvalue weighted by molar-refractivity contribution is 0.413. The highest BCUT2D eigenvalue weighted by atomic mass is 16.5. The number of rotatable bonds is 1. The molecule has 0 aliphatic heterocycles. The standard InChI is InChI=1S/C10H8N2O/c1-13-10-6-5-9(12-8-10)4-2-3-7-11/h5-6,8H,3H2,1H3. The number of nitrogens with zero attached hydrogens (tertiary/aromatic N) is 2. The molecule has 0 fully saturated rings. The Morgan fingerprint density at radius 2 is 2.38 bits per heavy atom. The normalized spacial score (nSPS) is 8.00. The van der Waals surface area contributed by atoms with Gasteiger partial charge in [0.1, 0.15) is 11.4 Å². The van der Waals surface area contributed by atoms with Crippen LogP contribution in [0.15, 0.2) is 18.3 Å². The van der Waals surface area contributed by atoms with Crippen LogP contribution in [-0.2, 0) is 0 Å². The molecule has 0 saturated carbocycles. The van der Waals surface area contributed by atoms with Gasteiger partial charge in [-0.3, -0.25) is 0 Å². The van der Waals surface area contributed by atoms with E-state index in [1.54, 1.807) is 25.4 Å². The monoisotopic (exact) mass is 172 g/mol. The van der Waals surface area contributed by atoms with Gasteiger partial charge < -0.3 is 4.74 Å².